The Labute approximate surface area is 325 Å². The normalized spacial score (nSPS) is 16.9. The molecule has 4 nitrogen and oxygen atoms in total. The van der Waals surface area contributed by atoms with Crippen molar-refractivity contribution < 1.29 is 0 Å². The molecule has 0 N–H and O–H groups in total. The first-order valence-corrected chi connectivity index (χ1v) is 19.9. The Morgan fingerprint density at radius 3 is 1.79 bits per heavy atom. The van der Waals surface area contributed by atoms with E-state index in [1.165, 1.54) is 93.5 Å². The van der Waals surface area contributed by atoms with E-state index in [9.17, 15) is 0 Å². The zero-order valence-electron chi connectivity index (χ0n) is 32.0. The predicted octanol–water partition coefficient (Wildman–Crippen LogP) is 10.9. The molecule has 56 heavy (non-hydrogen) atoms. The fraction of sp³-hybridized carbons (Fsp3) is 0.154. The summed E-state index contributed by atoms with van der Waals surface area (Å²) < 4.78 is 4.75. The van der Waals surface area contributed by atoms with E-state index in [-0.39, 0.29) is 16.7 Å². The molecule has 0 amide bonds. The van der Waals surface area contributed by atoms with E-state index in [4.69, 9.17) is 9.97 Å². The highest BCUT2D eigenvalue weighted by Gasteiger charge is 2.37. The molecule has 268 valence electrons. The van der Waals surface area contributed by atoms with Gasteiger partial charge in [-0.1, -0.05) is 113 Å². The van der Waals surface area contributed by atoms with Gasteiger partial charge in [0.2, 0.25) is 5.95 Å². The van der Waals surface area contributed by atoms with Gasteiger partial charge in [0.15, 0.2) is 0 Å². The summed E-state index contributed by atoms with van der Waals surface area (Å²) in [6, 6.07) is 47.6. The lowest BCUT2D eigenvalue weighted by molar-refractivity contribution is 0.660. The van der Waals surface area contributed by atoms with Crippen molar-refractivity contribution in [3.05, 3.63) is 178 Å². The molecule has 3 aliphatic rings. The molecule has 3 aromatic heterocycles. The van der Waals surface area contributed by atoms with E-state index in [0.717, 1.165) is 11.9 Å². The van der Waals surface area contributed by atoms with Gasteiger partial charge in [-0.2, -0.15) is 0 Å². The first-order chi connectivity index (χ1) is 27.3. The van der Waals surface area contributed by atoms with E-state index in [2.05, 4.69) is 170 Å². The SMILES string of the molecule is CC1(C)c2ccccc2-c2cc3c4c(n(-c5ncccn5)c3cc21)=CCC(c1ccc2c(c1)c1cc3c(cc1n2-c1ccccc1)C(C)(C)c1ccccc1-3)C=4. The minimum absolute atomic E-state index is 0.0736. The lowest BCUT2D eigenvalue weighted by Gasteiger charge is -2.21. The summed E-state index contributed by atoms with van der Waals surface area (Å²) in [5, 5.41) is 6.28. The molecule has 0 spiro atoms. The summed E-state index contributed by atoms with van der Waals surface area (Å²) in [5.41, 5.74) is 16.9. The molecule has 1 atom stereocenters. The highest BCUT2D eigenvalue weighted by atomic mass is 15.1. The van der Waals surface area contributed by atoms with E-state index < -0.39 is 0 Å². The fourth-order valence-corrected chi connectivity index (χ4v) is 10.6. The summed E-state index contributed by atoms with van der Waals surface area (Å²) in [6.45, 7) is 9.44. The molecule has 0 saturated heterocycles. The van der Waals surface area contributed by atoms with Gasteiger partial charge in [-0.3, -0.25) is 4.57 Å². The van der Waals surface area contributed by atoms with Crippen molar-refractivity contribution in [1.29, 1.82) is 0 Å². The maximum Gasteiger partial charge on any atom is 0.234 e. The second kappa shape index (κ2) is 11.0. The van der Waals surface area contributed by atoms with Crippen LogP contribution in [0.2, 0.25) is 0 Å². The molecule has 3 aliphatic carbocycles. The molecule has 9 aromatic rings. The molecule has 3 heterocycles. The lowest BCUT2D eigenvalue weighted by Crippen LogP contribution is -2.32. The van der Waals surface area contributed by atoms with Gasteiger partial charge in [0.05, 0.1) is 21.9 Å². The van der Waals surface area contributed by atoms with E-state index in [0.29, 0.717) is 5.95 Å². The number of aromatic nitrogens is 4. The van der Waals surface area contributed by atoms with Crippen LogP contribution in [0.1, 0.15) is 67.9 Å². The second-order valence-electron chi connectivity index (χ2n) is 17.0. The van der Waals surface area contributed by atoms with Gasteiger partial charge in [0.1, 0.15) is 0 Å². The Kier molecular flexibility index (Phi) is 6.27. The highest BCUT2D eigenvalue weighted by molar-refractivity contribution is 6.12. The number of fused-ring (bicyclic) bond motifs is 12. The number of hydrogen-bond acceptors (Lipinski definition) is 2. The van der Waals surface area contributed by atoms with Crippen molar-refractivity contribution >= 4 is 44.9 Å². The van der Waals surface area contributed by atoms with E-state index in [1.54, 1.807) is 0 Å². The summed E-state index contributed by atoms with van der Waals surface area (Å²) in [6.07, 6.45) is 9.52. The molecule has 0 bridgehead atoms. The van der Waals surface area contributed by atoms with Crippen LogP contribution in [-0.2, 0) is 10.8 Å². The van der Waals surface area contributed by atoms with E-state index in [1.807, 2.05) is 18.5 Å². The molecule has 0 saturated carbocycles. The Hall–Kier alpha value is -6.52. The molecular weight excluding hydrogens is 681 g/mol. The third kappa shape index (κ3) is 4.14. The predicted molar refractivity (Wildman–Crippen MR) is 230 cm³/mol. The molecule has 0 fully saturated rings. The number of benzene rings is 6. The van der Waals surface area contributed by atoms with Gasteiger partial charge in [-0.15, -0.1) is 0 Å². The number of para-hydroxylation sites is 1. The van der Waals surface area contributed by atoms with Crippen LogP contribution in [0, 0.1) is 0 Å². The average molecular weight is 721 g/mol. The summed E-state index contributed by atoms with van der Waals surface area (Å²) in [4.78, 5) is 9.56. The van der Waals surface area contributed by atoms with Crippen molar-refractivity contribution in [2.75, 3.05) is 0 Å². The molecule has 0 aliphatic heterocycles. The second-order valence-corrected chi connectivity index (χ2v) is 17.0. The molecule has 0 radical (unpaired) electrons. The van der Waals surface area contributed by atoms with Crippen LogP contribution < -0.4 is 10.6 Å². The maximum atomic E-state index is 4.78. The first kappa shape index (κ1) is 31.8. The van der Waals surface area contributed by atoms with Crippen molar-refractivity contribution in [3.8, 4) is 33.9 Å². The van der Waals surface area contributed by atoms with Crippen molar-refractivity contribution in [2.45, 2.75) is 50.9 Å². The van der Waals surface area contributed by atoms with Gasteiger partial charge in [-0.05, 0) is 111 Å². The third-order valence-electron chi connectivity index (χ3n) is 13.4. The summed E-state index contributed by atoms with van der Waals surface area (Å²) in [7, 11) is 0. The van der Waals surface area contributed by atoms with Gasteiger partial charge < -0.3 is 4.57 Å². The van der Waals surface area contributed by atoms with Crippen molar-refractivity contribution in [2.24, 2.45) is 0 Å². The fourth-order valence-electron chi connectivity index (χ4n) is 10.6. The van der Waals surface area contributed by atoms with Crippen LogP contribution in [0.3, 0.4) is 0 Å². The van der Waals surface area contributed by atoms with Crippen LogP contribution in [0.5, 0.6) is 0 Å². The van der Waals surface area contributed by atoms with Gasteiger partial charge in [-0.25, -0.2) is 9.97 Å². The smallest absolute Gasteiger partial charge is 0.234 e. The number of rotatable bonds is 3. The van der Waals surface area contributed by atoms with Crippen LogP contribution in [0.4, 0.5) is 0 Å². The van der Waals surface area contributed by atoms with Gasteiger partial charge in [0, 0.05) is 56.2 Å². The molecule has 6 aromatic carbocycles. The van der Waals surface area contributed by atoms with Crippen molar-refractivity contribution in [3.63, 3.8) is 0 Å². The average Bonchev–Trinajstić information content (AvgIpc) is 3.88. The molecule has 12 rings (SSSR count). The lowest BCUT2D eigenvalue weighted by atomic mass is 9.82. The number of hydrogen-bond donors (Lipinski definition) is 0. The third-order valence-corrected chi connectivity index (χ3v) is 13.4. The zero-order chi connectivity index (χ0) is 37.5. The minimum atomic E-state index is -0.102. The van der Waals surface area contributed by atoms with Crippen LogP contribution >= 0.6 is 0 Å². The van der Waals surface area contributed by atoms with Gasteiger partial charge >= 0.3 is 0 Å². The summed E-state index contributed by atoms with van der Waals surface area (Å²) in [5.74, 6) is 0.923. The topological polar surface area (TPSA) is 35.6 Å². The molecule has 4 heteroatoms. The maximum absolute atomic E-state index is 4.78. The quantitative estimate of drug-likeness (QED) is 0.182. The Morgan fingerprint density at radius 1 is 0.518 bits per heavy atom. The minimum Gasteiger partial charge on any atom is -0.309 e. The highest BCUT2D eigenvalue weighted by Crippen LogP contribution is 2.52. The van der Waals surface area contributed by atoms with Crippen molar-refractivity contribution in [1.82, 2.24) is 19.1 Å². The van der Waals surface area contributed by atoms with Gasteiger partial charge in [0.25, 0.3) is 0 Å². The van der Waals surface area contributed by atoms with E-state index >= 15 is 0 Å². The Bertz CT molecular complexity index is 3270. The van der Waals surface area contributed by atoms with Crippen LogP contribution in [0.15, 0.2) is 140 Å². The molecule has 1 unspecified atom stereocenters. The molecular formula is C52H40N4. The van der Waals surface area contributed by atoms with Crippen LogP contribution in [-0.4, -0.2) is 19.1 Å². The Morgan fingerprint density at radius 2 is 1.11 bits per heavy atom. The summed E-state index contributed by atoms with van der Waals surface area (Å²) >= 11 is 0. The standard InChI is InChI=1S/C52H40N4/c1-51(2)42-17-10-8-15-34(42)36-27-40-38-25-31(19-21-46(38)55(48(40)29-44(36)51)33-13-6-5-7-14-33)32-20-22-47-39(26-32)41-28-37-35-16-9-11-18-43(35)52(3,4)45(37)30-49(41)56(47)50-53-23-12-24-54-50/h5-19,21-30,32H,20H2,1-4H3. The zero-order valence-corrected chi connectivity index (χ0v) is 32.0. The van der Waals surface area contributed by atoms with Crippen LogP contribution in [0.25, 0.3) is 78.8 Å². The largest absolute Gasteiger partial charge is 0.309 e. The first-order valence-electron chi connectivity index (χ1n) is 19.9. The number of nitrogens with zero attached hydrogens (tertiary/aromatic N) is 4. The monoisotopic (exact) mass is 720 g/mol. The Balaban J connectivity index is 1.09.